The van der Waals surface area contributed by atoms with Gasteiger partial charge in [-0.2, -0.15) is 5.10 Å². The van der Waals surface area contributed by atoms with Crippen molar-refractivity contribution in [2.24, 2.45) is 27.1 Å². The predicted molar refractivity (Wildman–Crippen MR) is 123 cm³/mol. The molecule has 0 saturated carbocycles. The summed E-state index contributed by atoms with van der Waals surface area (Å²) in [6.45, 7) is 4.15. The normalized spacial score (nSPS) is 17.1. The van der Waals surface area contributed by atoms with Crippen LogP contribution in [0.2, 0.25) is 0 Å². The molecular formula is C21H22BrN5O2S. The van der Waals surface area contributed by atoms with Gasteiger partial charge in [0.2, 0.25) is 5.96 Å². The highest BCUT2D eigenvalue weighted by atomic mass is 79.9. The van der Waals surface area contributed by atoms with E-state index in [1.54, 1.807) is 30.3 Å². The van der Waals surface area contributed by atoms with E-state index < -0.39 is 10.0 Å². The van der Waals surface area contributed by atoms with Crippen molar-refractivity contribution in [2.75, 3.05) is 0 Å². The van der Waals surface area contributed by atoms with Gasteiger partial charge in [-0.05, 0) is 48.6 Å². The van der Waals surface area contributed by atoms with Gasteiger partial charge in [0.05, 0.1) is 16.1 Å². The molecule has 1 heterocycles. The van der Waals surface area contributed by atoms with Crippen LogP contribution in [0.25, 0.3) is 10.9 Å². The number of aromatic nitrogens is 1. The summed E-state index contributed by atoms with van der Waals surface area (Å²) in [6.07, 6.45) is 1.19. The van der Waals surface area contributed by atoms with Crippen LogP contribution in [0, 0.1) is 5.41 Å². The second-order valence-electron chi connectivity index (χ2n) is 8.15. The van der Waals surface area contributed by atoms with E-state index in [4.69, 9.17) is 11.5 Å². The van der Waals surface area contributed by atoms with Crippen molar-refractivity contribution in [3.63, 3.8) is 0 Å². The third-order valence-electron chi connectivity index (χ3n) is 5.13. The van der Waals surface area contributed by atoms with Crippen LogP contribution in [0.4, 0.5) is 0 Å². The molecule has 0 bridgehead atoms. The average Bonchev–Trinajstić information content (AvgIpc) is 2.99. The number of hydrogen-bond acceptors (Lipinski definition) is 4. The first-order chi connectivity index (χ1) is 14.1. The van der Waals surface area contributed by atoms with E-state index in [1.165, 1.54) is 3.97 Å². The second-order valence-corrected chi connectivity index (χ2v) is 10.9. The molecule has 30 heavy (non-hydrogen) atoms. The van der Waals surface area contributed by atoms with Crippen molar-refractivity contribution in [3.05, 3.63) is 64.3 Å². The first-order valence-corrected chi connectivity index (χ1v) is 11.6. The van der Waals surface area contributed by atoms with Gasteiger partial charge in [-0.15, -0.1) is 5.10 Å². The molecule has 0 atom stereocenters. The number of nitrogens with zero attached hydrogens (tertiary/aromatic N) is 3. The van der Waals surface area contributed by atoms with Crippen LogP contribution in [0.3, 0.4) is 0 Å². The average molecular weight is 488 g/mol. The first-order valence-electron chi connectivity index (χ1n) is 9.39. The highest BCUT2D eigenvalue weighted by Crippen LogP contribution is 2.42. The zero-order valence-electron chi connectivity index (χ0n) is 16.6. The number of halogens is 1. The van der Waals surface area contributed by atoms with Crippen molar-refractivity contribution in [3.8, 4) is 0 Å². The lowest BCUT2D eigenvalue weighted by Crippen LogP contribution is -2.30. The molecule has 4 N–H and O–H groups in total. The first kappa shape index (κ1) is 20.6. The van der Waals surface area contributed by atoms with Crippen LogP contribution in [-0.2, 0) is 16.4 Å². The summed E-state index contributed by atoms with van der Waals surface area (Å²) in [4.78, 5) is 0.235. The Labute approximate surface area is 183 Å². The lowest BCUT2D eigenvalue weighted by molar-refractivity contribution is 0.367. The summed E-state index contributed by atoms with van der Waals surface area (Å²) >= 11 is 3.50. The van der Waals surface area contributed by atoms with Crippen LogP contribution < -0.4 is 11.5 Å². The largest absolute Gasteiger partial charge is 0.369 e. The molecule has 9 heteroatoms. The Morgan fingerprint density at radius 1 is 1.10 bits per heavy atom. The summed E-state index contributed by atoms with van der Waals surface area (Å²) in [5, 5.41) is 8.95. The van der Waals surface area contributed by atoms with Gasteiger partial charge in [-0.1, -0.05) is 48.0 Å². The van der Waals surface area contributed by atoms with E-state index in [0.29, 0.717) is 29.8 Å². The van der Waals surface area contributed by atoms with Gasteiger partial charge in [-0.25, -0.2) is 12.4 Å². The number of fused-ring (bicyclic) bond motifs is 3. The van der Waals surface area contributed by atoms with Crippen molar-refractivity contribution >= 4 is 48.5 Å². The van der Waals surface area contributed by atoms with E-state index in [1.807, 2.05) is 18.2 Å². The van der Waals surface area contributed by atoms with Crippen LogP contribution >= 0.6 is 15.9 Å². The van der Waals surface area contributed by atoms with Gasteiger partial charge in [0, 0.05) is 21.1 Å². The molecule has 0 spiro atoms. The third kappa shape index (κ3) is 3.52. The molecule has 0 amide bonds. The minimum atomic E-state index is -3.82. The zero-order valence-corrected chi connectivity index (χ0v) is 19.0. The fourth-order valence-corrected chi connectivity index (χ4v) is 5.94. The molecule has 1 aromatic heterocycles. The predicted octanol–water partition coefficient (Wildman–Crippen LogP) is 3.59. The fraction of sp³-hybridized carbons (Fsp3) is 0.238. The van der Waals surface area contributed by atoms with Crippen LogP contribution in [-0.4, -0.2) is 24.1 Å². The lowest BCUT2D eigenvalue weighted by atomic mass is 9.75. The molecule has 1 aliphatic carbocycles. The van der Waals surface area contributed by atoms with Crippen molar-refractivity contribution in [1.82, 2.24) is 3.97 Å². The van der Waals surface area contributed by atoms with E-state index in [2.05, 4.69) is 40.0 Å². The summed E-state index contributed by atoms with van der Waals surface area (Å²) in [5.41, 5.74) is 13.5. The summed E-state index contributed by atoms with van der Waals surface area (Å²) in [5.74, 6) is -0.144. The molecule has 156 valence electrons. The molecule has 0 fully saturated rings. The zero-order chi connectivity index (χ0) is 21.7. The number of benzene rings is 2. The Bertz CT molecular complexity index is 1300. The molecule has 0 saturated heterocycles. The minimum absolute atomic E-state index is 0.144. The maximum atomic E-state index is 13.7. The fourth-order valence-electron chi connectivity index (χ4n) is 4.00. The number of guanidine groups is 1. The Morgan fingerprint density at radius 2 is 1.80 bits per heavy atom. The smallest absolute Gasteiger partial charge is 0.268 e. The van der Waals surface area contributed by atoms with Gasteiger partial charge in [0.1, 0.15) is 0 Å². The SMILES string of the molecule is CC1(C)C/C(=N\N=C(N)N)c2c(n(S(=O)(=O)c3ccccc3)c3ccc(Br)cc23)C1. The monoisotopic (exact) mass is 487 g/mol. The van der Waals surface area contributed by atoms with Crippen molar-refractivity contribution in [1.29, 1.82) is 0 Å². The highest BCUT2D eigenvalue weighted by molar-refractivity contribution is 9.10. The highest BCUT2D eigenvalue weighted by Gasteiger charge is 2.37. The number of hydrogen-bond donors (Lipinski definition) is 2. The lowest BCUT2D eigenvalue weighted by Gasteiger charge is -2.31. The molecule has 1 aliphatic rings. The summed E-state index contributed by atoms with van der Waals surface area (Å²) in [6, 6.07) is 14.0. The third-order valence-corrected chi connectivity index (χ3v) is 7.39. The van der Waals surface area contributed by atoms with Gasteiger partial charge >= 0.3 is 0 Å². The van der Waals surface area contributed by atoms with Crippen LogP contribution in [0.5, 0.6) is 0 Å². The Kier molecular flexibility index (Phi) is 4.98. The molecule has 7 nitrogen and oxygen atoms in total. The minimum Gasteiger partial charge on any atom is -0.369 e. The van der Waals surface area contributed by atoms with E-state index in [0.717, 1.165) is 15.4 Å². The summed E-state index contributed by atoms with van der Waals surface area (Å²) in [7, 11) is -3.82. The van der Waals surface area contributed by atoms with E-state index in [9.17, 15) is 8.42 Å². The van der Waals surface area contributed by atoms with E-state index in [-0.39, 0.29) is 16.3 Å². The summed E-state index contributed by atoms with van der Waals surface area (Å²) < 4.78 is 29.7. The maximum Gasteiger partial charge on any atom is 0.268 e. The quantitative estimate of drug-likeness (QED) is 0.333. The Hall–Kier alpha value is -2.65. The molecule has 0 aliphatic heterocycles. The van der Waals surface area contributed by atoms with E-state index >= 15 is 0 Å². The molecule has 4 rings (SSSR count). The topological polar surface area (TPSA) is 116 Å². The van der Waals surface area contributed by atoms with Gasteiger partial charge < -0.3 is 11.5 Å². The van der Waals surface area contributed by atoms with Gasteiger partial charge in [0.25, 0.3) is 10.0 Å². The second kappa shape index (κ2) is 7.24. The Morgan fingerprint density at radius 3 is 2.47 bits per heavy atom. The molecular weight excluding hydrogens is 466 g/mol. The van der Waals surface area contributed by atoms with Crippen LogP contribution in [0.15, 0.2) is 68.1 Å². The van der Waals surface area contributed by atoms with Crippen LogP contribution in [0.1, 0.15) is 31.5 Å². The standard InChI is InChI=1S/C21H22BrN5O2S/c1-21(2)11-16(25-26-20(23)24)19-15-10-13(22)8-9-17(15)27(18(19)12-21)30(28,29)14-6-4-3-5-7-14/h3-10H,11-12H2,1-2H3,(H4,23,24,26)/b25-16+. The number of rotatable bonds is 3. The Balaban J connectivity index is 2.12. The maximum absolute atomic E-state index is 13.7. The molecule has 3 aromatic rings. The molecule has 2 aromatic carbocycles. The van der Waals surface area contributed by atoms with Gasteiger partial charge in [0.15, 0.2) is 0 Å². The number of nitrogens with two attached hydrogens (primary N) is 2. The molecule has 0 radical (unpaired) electrons. The van der Waals surface area contributed by atoms with Gasteiger partial charge in [-0.3, -0.25) is 0 Å². The van der Waals surface area contributed by atoms with Crippen molar-refractivity contribution < 1.29 is 8.42 Å². The van der Waals surface area contributed by atoms with Crippen molar-refractivity contribution in [2.45, 2.75) is 31.6 Å². The molecule has 0 unspecified atom stereocenters.